The van der Waals surface area contributed by atoms with Crippen LogP contribution in [0.2, 0.25) is 5.02 Å². The molecule has 2 nitrogen and oxygen atoms in total. The average molecular weight is 251 g/mol. The molecular weight excluding hydrogens is 239 g/mol. The van der Waals surface area contributed by atoms with Crippen LogP contribution in [0.25, 0.3) is 0 Å². The van der Waals surface area contributed by atoms with Crippen molar-refractivity contribution in [2.75, 3.05) is 11.9 Å². The van der Waals surface area contributed by atoms with E-state index in [1.54, 1.807) is 12.1 Å². The zero-order chi connectivity index (χ0) is 12.3. The van der Waals surface area contributed by atoms with Crippen molar-refractivity contribution < 1.29 is 4.39 Å². The summed E-state index contributed by atoms with van der Waals surface area (Å²) < 4.78 is 13.0. The minimum atomic E-state index is -0.467. The molecule has 1 aromatic carbocycles. The van der Waals surface area contributed by atoms with Gasteiger partial charge in [0.1, 0.15) is 5.82 Å². The molecule has 1 heterocycles. The van der Waals surface area contributed by atoms with E-state index in [1.165, 1.54) is 6.07 Å². The van der Waals surface area contributed by atoms with Gasteiger partial charge >= 0.3 is 0 Å². The van der Waals surface area contributed by atoms with Gasteiger partial charge in [0.25, 0.3) is 0 Å². The molecule has 0 aliphatic rings. The van der Waals surface area contributed by atoms with Crippen molar-refractivity contribution in [2.24, 2.45) is 0 Å². The Labute approximate surface area is 105 Å². The van der Waals surface area contributed by atoms with E-state index >= 15 is 0 Å². The molecule has 0 bridgehead atoms. The van der Waals surface area contributed by atoms with E-state index in [0.29, 0.717) is 17.4 Å². The van der Waals surface area contributed by atoms with Gasteiger partial charge in [0.15, 0.2) is 0 Å². The topological polar surface area (TPSA) is 16.1 Å². The van der Waals surface area contributed by atoms with Crippen molar-refractivity contribution in [3.8, 4) is 0 Å². The van der Waals surface area contributed by atoms with Gasteiger partial charge in [0.2, 0.25) is 5.95 Å². The molecule has 0 saturated carbocycles. The lowest BCUT2D eigenvalue weighted by Crippen LogP contribution is -2.17. The van der Waals surface area contributed by atoms with Gasteiger partial charge in [-0.25, -0.2) is 4.98 Å². The van der Waals surface area contributed by atoms with Crippen LogP contribution in [0.5, 0.6) is 0 Å². The van der Waals surface area contributed by atoms with E-state index in [2.05, 4.69) is 4.98 Å². The van der Waals surface area contributed by atoms with E-state index in [1.807, 2.05) is 36.2 Å². The molecule has 0 radical (unpaired) electrons. The van der Waals surface area contributed by atoms with Crippen molar-refractivity contribution in [3.05, 3.63) is 59.0 Å². The fraction of sp³-hybridized carbons (Fsp3) is 0.154. The zero-order valence-corrected chi connectivity index (χ0v) is 10.2. The predicted octanol–water partition coefficient (Wildman–Crippen LogP) is 3.51. The van der Waals surface area contributed by atoms with Crippen LogP contribution < -0.4 is 4.90 Å². The molecule has 0 N–H and O–H groups in total. The van der Waals surface area contributed by atoms with Gasteiger partial charge in [-0.1, -0.05) is 29.8 Å². The maximum absolute atomic E-state index is 13.0. The van der Waals surface area contributed by atoms with E-state index in [9.17, 15) is 4.39 Å². The molecular formula is C13H12ClFN2. The maximum Gasteiger partial charge on any atom is 0.214 e. The summed E-state index contributed by atoms with van der Waals surface area (Å²) in [6.07, 6.45) is 0. The van der Waals surface area contributed by atoms with E-state index in [-0.39, 0.29) is 0 Å². The minimum absolute atomic E-state index is 0.467. The number of aromatic nitrogens is 1. The van der Waals surface area contributed by atoms with Crippen molar-refractivity contribution in [3.63, 3.8) is 0 Å². The number of rotatable bonds is 3. The van der Waals surface area contributed by atoms with Crippen LogP contribution in [0.4, 0.5) is 10.2 Å². The molecule has 1 aromatic heterocycles. The zero-order valence-electron chi connectivity index (χ0n) is 9.40. The van der Waals surface area contributed by atoms with Crippen LogP contribution in [0.3, 0.4) is 0 Å². The number of anilines is 1. The molecule has 0 saturated heterocycles. The molecule has 88 valence electrons. The van der Waals surface area contributed by atoms with Gasteiger partial charge in [0, 0.05) is 18.6 Å². The highest BCUT2D eigenvalue weighted by molar-refractivity contribution is 6.30. The van der Waals surface area contributed by atoms with Crippen LogP contribution in [0, 0.1) is 5.95 Å². The first-order valence-electron chi connectivity index (χ1n) is 5.23. The van der Waals surface area contributed by atoms with Gasteiger partial charge in [-0.15, -0.1) is 0 Å². The quantitative estimate of drug-likeness (QED) is 0.775. The molecule has 0 amide bonds. The van der Waals surface area contributed by atoms with Crippen molar-refractivity contribution in [1.82, 2.24) is 4.98 Å². The first kappa shape index (κ1) is 11.9. The van der Waals surface area contributed by atoms with Crippen LogP contribution in [-0.4, -0.2) is 12.0 Å². The second-order valence-electron chi connectivity index (χ2n) is 3.80. The van der Waals surface area contributed by atoms with Crippen LogP contribution >= 0.6 is 11.6 Å². The highest BCUT2D eigenvalue weighted by atomic mass is 35.5. The highest BCUT2D eigenvalue weighted by Gasteiger charge is 2.04. The lowest BCUT2D eigenvalue weighted by Gasteiger charge is -2.18. The number of nitrogens with zero attached hydrogens (tertiary/aromatic N) is 2. The molecule has 4 heteroatoms. The molecule has 2 aromatic rings. The second kappa shape index (κ2) is 5.15. The smallest absolute Gasteiger partial charge is 0.214 e. The summed E-state index contributed by atoms with van der Waals surface area (Å²) in [6.45, 7) is 0.660. The second-order valence-corrected chi connectivity index (χ2v) is 4.24. The third-order valence-electron chi connectivity index (χ3n) is 2.42. The number of pyridine rings is 1. The van der Waals surface area contributed by atoms with Crippen molar-refractivity contribution >= 4 is 17.4 Å². The van der Waals surface area contributed by atoms with E-state index in [0.717, 1.165) is 5.56 Å². The third-order valence-corrected chi connectivity index (χ3v) is 2.68. The van der Waals surface area contributed by atoms with Gasteiger partial charge in [-0.05, 0) is 29.8 Å². The molecule has 2 rings (SSSR count). The third kappa shape index (κ3) is 3.17. The lowest BCUT2D eigenvalue weighted by atomic mass is 10.2. The summed E-state index contributed by atoms with van der Waals surface area (Å²) in [6, 6.07) is 12.3. The average Bonchev–Trinajstić information content (AvgIpc) is 2.32. The van der Waals surface area contributed by atoms with E-state index in [4.69, 9.17) is 11.6 Å². The Balaban J connectivity index is 2.11. The van der Waals surface area contributed by atoms with Crippen LogP contribution in [-0.2, 0) is 6.54 Å². The predicted molar refractivity (Wildman–Crippen MR) is 67.8 cm³/mol. The lowest BCUT2D eigenvalue weighted by molar-refractivity contribution is 0.582. The maximum atomic E-state index is 13.0. The Hall–Kier alpha value is -1.61. The Bertz CT molecular complexity index is 499. The summed E-state index contributed by atoms with van der Waals surface area (Å²) in [5.74, 6) is 0.144. The number of halogens is 2. The fourth-order valence-corrected chi connectivity index (χ4v) is 1.68. The molecule has 0 fully saturated rings. The molecule has 0 atom stereocenters. The largest absolute Gasteiger partial charge is 0.355 e. The molecule has 0 spiro atoms. The molecule has 17 heavy (non-hydrogen) atoms. The summed E-state index contributed by atoms with van der Waals surface area (Å²) >= 11 is 5.81. The van der Waals surface area contributed by atoms with Crippen LogP contribution in [0.15, 0.2) is 42.5 Å². The van der Waals surface area contributed by atoms with Crippen LogP contribution in [0.1, 0.15) is 5.56 Å². The summed E-state index contributed by atoms with van der Waals surface area (Å²) in [5, 5.41) is 0.709. The SMILES string of the molecule is CN(Cc1ccc(Cl)cc1)c1cccc(F)n1. The Kier molecular flexibility index (Phi) is 3.59. The minimum Gasteiger partial charge on any atom is -0.355 e. The summed E-state index contributed by atoms with van der Waals surface area (Å²) in [7, 11) is 1.87. The molecule has 0 aliphatic carbocycles. The first-order chi connectivity index (χ1) is 8.15. The van der Waals surface area contributed by atoms with Gasteiger partial charge in [-0.2, -0.15) is 4.39 Å². The Morgan fingerprint density at radius 2 is 1.88 bits per heavy atom. The van der Waals surface area contributed by atoms with Crippen molar-refractivity contribution in [2.45, 2.75) is 6.54 Å². The normalized spacial score (nSPS) is 10.3. The summed E-state index contributed by atoms with van der Waals surface area (Å²) in [4.78, 5) is 5.70. The van der Waals surface area contributed by atoms with Gasteiger partial charge in [0.05, 0.1) is 0 Å². The van der Waals surface area contributed by atoms with Crippen molar-refractivity contribution in [1.29, 1.82) is 0 Å². The standard InChI is InChI=1S/C13H12ClFN2/c1-17(13-4-2-3-12(15)16-13)9-10-5-7-11(14)8-6-10/h2-8H,9H2,1H3. The molecule has 0 aliphatic heterocycles. The summed E-state index contributed by atoms with van der Waals surface area (Å²) in [5.41, 5.74) is 1.10. The highest BCUT2D eigenvalue weighted by Crippen LogP contribution is 2.15. The molecule has 0 unspecified atom stereocenters. The van der Waals surface area contributed by atoms with Gasteiger partial charge in [-0.3, -0.25) is 0 Å². The van der Waals surface area contributed by atoms with E-state index < -0.39 is 5.95 Å². The Morgan fingerprint density at radius 1 is 1.18 bits per heavy atom. The Morgan fingerprint density at radius 3 is 2.53 bits per heavy atom. The van der Waals surface area contributed by atoms with Gasteiger partial charge < -0.3 is 4.90 Å². The monoisotopic (exact) mass is 250 g/mol. The number of hydrogen-bond acceptors (Lipinski definition) is 2. The first-order valence-corrected chi connectivity index (χ1v) is 5.61. The fourth-order valence-electron chi connectivity index (χ4n) is 1.55. The number of benzene rings is 1. The number of hydrogen-bond donors (Lipinski definition) is 0.